The van der Waals surface area contributed by atoms with Crippen molar-refractivity contribution in [1.82, 2.24) is 10.9 Å². The summed E-state index contributed by atoms with van der Waals surface area (Å²) in [5, 5.41) is 13.0. The molecule has 1 aliphatic rings. The first-order valence-electron chi connectivity index (χ1n) is 7.09. The van der Waals surface area contributed by atoms with Gasteiger partial charge in [-0.25, -0.2) is 15.2 Å². The largest absolute Gasteiger partial charge is 0.508 e. The molecule has 1 heterocycles. The Balaban J connectivity index is 1.69. The molecule has 1 aliphatic heterocycles. The van der Waals surface area contributed by atoms with E-state index in [2.05, 4.69) is 16.2 Å². The Bertz CT molecular complexity index is 741. The Kier molecular flexibility index (Phi) is 4.47. The lowest BCUT2D eigenvalue weighted by Gasteiger charge is -2.12. The van der Waals surface area contributed by atoms with Crippen LogP contribution in [-0.4, -0.2) is 17.1 Å². The summed E-state index contributed by atoms with van der Waals surface area (Å²) in [6, 6.07) is 9.89. The number of para-hydroxylation sites is 1. The molecular weight excluding hydrogens is 321 g/mol. The Morgan fingerprint density at radius 1 is 1.26 bits per heavy atom. The summed E-state index contributed by atoms with van der Waals surface area (Å²) in [6.07, 6.45) is 0.397. The Morgan fingerprint density at radius 2 is 2.04 bits per heavy atom. The molecule has 0 aliphatic carbocycles. The summed E-state index contributed by atoms with van der Waals surface area (Å²) in [7, 11) is 0. The van der Waals surface area contributed by atoms with Crippen LogP contribution in [0, 0.1) is 5.82 Å². The summed E-state index contributed by atoms with van der Waals surface area (Å²) >= 11 is 5.94. The van der Waals surface area contributed by atoms with Gasteiger partial charge in [0.1, 0.15) is 17.6 Å². The van der Waals surface area contributed by atoms with Crippen LogP contribution in [0.25, 0.3) is 0 Å². The van der Waals surface area contributed by atoms with Crippen LogP contribution in [0.1, 0.15) is 18.0 Å². The number of anilines is 1. The fraction of sp³-hybridized carbons (Fsp3) is 0.188. The van der Waals surface area contributed by atoms with E-state index in [9.17, 15) is 14.3 Å². The molecule has 0 spiro atoms. The van der Waals surface area contributed by atoms with E-state index in [1.54, 1.807) is 24.3 Å². The maximum atomic E-state index is 13.6. The van der Waals surface area contributed by atoms with E-state index in [1.165, 1.54) is 18.2 Å². The molecule has 1 fully saturated rings. The molecule has 0 saturated carbocycles. The van der Waals surface area contributed by atoms with E-state index in [-0.39, 0.29) is 23.4 Å². The van der Waals surface area contributed by atoms with Gasteiger partial charge in [0.2, 0.25) is 5.91 Å². The number of rotatable bonds is 3. The summed E-state index contributed by atoms with van der Waals surface area (Å²) in [6.45, 7) is 0. The number of phenolic OH excluding ortho intramolecular Hbond substituents is 1. The van der Waals surface area contributed by atoms with Crippen LogP contribution in [0.15, 0.2) is 42.5 Å². The highest BCUT2D eigenvalue weighted by molar-refractivity contribution is 6.30. The molecule has 1 amide bonds. The van der Waals surface area contributed by atoms with Crippen LogP contribution in [-0.2, 0) is 4.79 Å². The third kappa shape index (κ3) is 3.44. The van der Waals surface area contributed by atoms with Gasteiger partial charge >= 0.3 is 0 Å². The standard InChI is InChI=1S/C16H15ClFN3O2/c17-9-5-6-15(22)10(7-9)13-8-14(21-20-13)16(23)19-12-4-2-1-3-11(12)18/h1-7,13-14,20-22H,8H2,(H,19,23). The number of nitrogens with one attached hydrogen (secondary N) is 3. The Hall–Kier alpha value is -2.15. The maximum Gasteiger partial charge on any atom is 0.243 e. The van der Waals surface area contributed by atoms with E-state index in [1.807, 2.05) is 0 Å². The quantitative estimate of drug-likeness (QED) is 0.696. The molecule has 2 atom stereocenters. The van der Waals surface area contributed by atoms with Crippen molar-refractivity contribution in [2.75, 3.05) is 5.32 Å². The second kappa shape index (κ2) is 6.54. The highest BCUT2D eigenvalue weighted by Gasteiger charge is 2.31. The predicted octanol–water partition coefficient (Wildman–Crippen LogP) is 2.73. The molecular formula is C16H15ClFN3O2. The average Bonchev–Trinajstić information content (AvgIpc) is 3.02. The van der Waals surface area contributed by atoms with Crippen LogP contribution in [0.5, 0.6) is 5.75 Å². The molecule has 5 nitrogen and oxygen atoms in total. The third-order valence-electron chi connectivity index (χ3n) is 3.72. The van der Waals surface area contributed by atoms with Gasteiger partial charge in [-0.1, -0.05) is 23.7 Å². The number of carbonyl (C=O) groups excluding carboxylic acids is 1. The van der Waals surface area contributed by atoms with Crippen molar-refractivity contribution in [3.8, 4) is 5.75 Å². The van der Waals surface area contributed by atoms with Crippen molar-refractivity contribution < 1.29 is 14.3 Å². The number of phenols is 1. The molecule has 120 valence electrons. The first kappa shape index (κ1) is 15.7. The molecule has 2 aromatic carbocycles. The first-order chi connectivity index (χ1) is 11.0. The van der Waals surface area contributed by atoms with Crippen molar-refractivity contribution in [3.05, 3.63) is 58.9 Å². The van der Waals surface area contributed by atoms with Crippen LogP contribution >= 0.6 is 11.6 Å². The lowest BCUT2D eigenvalue weighted by molar-refractivity contribution is -0.117. The van der Waals surface area contributed by atoms with Crippen LogP contribution < -0.4 is 16.2 Å². The molecule has 0 radical (unpaired) electrons. The van der Waals surface area contributed by atoms with E-state index < -0.39 is 11.9 Å². The molecule has 0 bridgehead atoms. The number of benzene rings is 2. The molecule has 1 saturated heterocycles. The van der Waals surface area contributed by atoms with Crippen molar-refractivity contribution in [2.24, 2.45) is 0 Å². The van der Waals surface area contributed by atoms with Crippen molar-refractivity contribution >= 4 is 23.2 Å². The average molecular weight is 336 g/mol. The van der Waals surface area contributed by atoms with Gasteiger partial charge in [0.25, 0.3) is 0 Å². The zero-order chi connectivity index (χ0) is 16.4. The topological polar surface area (TPSA) is 73.4 Å². The first-order valence-corrected chi connectivity index (χ1v) is 7.47. The molecule has 3 rings (SSSR count). The summed E-state index contributed by atoms with van der Waals surface area (Å²) in [5.41, 5.74) is 6.54. The number of aromatic hydroxyl groups is 1. The van der Waals surface area contributed by atoms with Gasteiger partial charge in [0.15, 0.2) is 0 Å². The third-order valence-corrected chi connectivity index (χ3v) is 3.95. The lowest BCUT2D eigenvalue weighted by Crippen LogP contribution is -2.39. The Labute approximate surface area is 137 Å². The molecule has 2 aromatic rings. The van der Waals surface area contributed by atoms with Gasteiger partial charge in [-0.3, -0.25) is 4.79 Å². The van der Waals surface area contributed by atoms with Crippen molar-refractivity contribution in [3.63, 3.8) is 0 Å². The van der Waals surface area contributed by atoms with Crippen LogP contribution in [0.2, 0.25) is 5.02 Å². The predicted molar refractivity (Wildman–Crippen MR) is 85.6 cm³/mol. The number of amides is 1. The van der Waals surface area contributed by atoms with Gasteiger partial charge < -0.3 is 10.4 Å². The summed E-state index contributed by atoms with van der Waals surface area (Å²) < 4.78 is 13.6. The van der Waals surface area contributed by atoms with E-state index in [0.29, 0.717) is 17.0 Å². The van der Waals surface area contributed by atoms with Crippen LogP contribution in [0.3, 0.4) is 0 Å². The second-order valence-electron chi connectivity index (χ2n) is 5.30. The minimum absolute atomic E-state index is 0.101. The highest BCUT2D eigenvalue weighted by atomic mass is 35.5. The summed E-state index contributed by atoms with van der Waals surface area (Å²) in [4.78, 5) is 12.2. The number of hydrogen-bond donors (Lipinski definition) is 4. The molecule has 23 heavy (non-hydrogen) atoms. The molecule has 0 aromatic heterocycles. The Morgan fingerprint density at radius 3 is 2.83 bits per heavy atom. The van der Waals surface area contributed by atoms with Gasteiger partial charge in [0, 0.05) is 10.6 Å². The zero-order valence-corrected chi connectivity index (χ0v) is 12.8. The zero-order valence-electron chi connectivity index (χ0n) is 12.0. The van der Waals surface area contributed by atoms with Gasteiger partial charge in [-0.15, -0.1) is 0 Å². The maximum absolute atomic E-state index is 13.6. The molecule has 2 unspecified atom stereocenters. The van der Waals surface area contributed by atoms with E-state index >= 15 is 0 Å². The van der Waals surface area contributed by atoms with Crippen molar-refractivity contribution in [2.45, 2.75) is 18.5 Å². The highest BCUT2D eigenvalue weighted by Crippen LogP contribution is 2.32. The minimum atomic E-state index is -0.557. The van der Waals surface area contributed by atoms with Gasteiger partial charge in [-0.2, -0.15) is 0 Å². The van der Waals surface area contributed by atoms with Gasteiger partial charge in [0.05, 0.1) is 11.7 Å². The number of hydrazine groups is 1. The monoisotopic (exact) mass is 335 g/mol. The SMILES string of the molecule is O=C(Nc1ccccc1F)C1CC(c2cc(Cl)ccc2O)NN1. The molecule has 4 N–H and O–H groups in total. The molecule has 7 heteroatoms. The lowest BCUT2D eigenvalue weighted by atomic mass is 10.0. The summed E-state index contributed by atoms with van der Waals surface area (Å²) in [5.74, 6) is -0.744. The number of hydrogen-bond acceptors (Lipinski definition) is 4. The van der Waals surface area contributed by atoms with Crippen LogP contribution in [0.4, 0.5) is 10.1 Å². The smallest absolute Gasteiger partial charge is 0.243 e. The number of halogens is 2. The number of carbonyl (C=O) groups is 1. The minimum Gasteiger partial charge on any atom is -0.508 e. The van der Waals surface area contributed by atoms with E-state index in [0.717, 1.165) is 0 Å². The second-order valence-corrected chi connectivity index (χ2v) is 5.74. The fourth-order valence-electron chi connectivity index (χ4n) is 2.52. The fourth-order valence-corrected chi connectivity index (χ4v) is 2.70. The van der Waals surface area contributed by atoms with Gasteiger partial charge in [-0.05, 0) is 36.8 Å². The van der Waals surface area contributed by atoms with Crippen molar-refractivity contribution in [1.29, 1.82) is 0 Å². The van der Waals surface area contributed by atoms with E-state index in [4.69, 9.17) is 11.6 Å². The normalized spacial score (nSPS) is 20.4.